The fourth-order valence-corrected chi connectivity index (χ4v) is 2.39. The zero-order chi connectivity index (χ0) is 14.3. The molecular formula is C16H24BrNO. The molecule has 0 aromatic heterocycles. The lowest BCUT2D eigenvalue weighted by Gasteiger charge is -2.21. The Morgan fingerprint density at radius 2 is 2.21 bits per heavy atom. The molecule has 19 heavy (non-hydrogen) atoms. The van der Waals surface area contributed by atoms with Crippen molar-refractivity contribution in [2.24, 2.45) is 0 Å². The van der Waals surface area contributed by atoms with E-state index in [0.29, 0.717) is 6.04 Å². The predicted octanol–water partition coefficient (Wildman–Crippen LogP) is 4.85. The van der Waals surface area contributed by atoms with E-state index in [1.54, 1.807) is 7.11 Å². The minimum atomic E-state index is 0.319. The minimum absolute atomic E-state index is 0.319. The first kappa shape index (κ1) is 16.3. The molecule has 0 spiro atoms. The number of methoxy groups -OCH3 is 1. The second kappa shape index (κ2) is 8.39. The lowest BCUT2D eigenvalue weighted by Crippen LogP contribution is -2.22. The van der Waals surface area contributed by atoms with E-state index in [-0.39, 0.29) is 0 Å². The normalized spacial score (nSPS) is 12.2. The van der Waals surface area contributed by atoms with Gasteiger partial charge in [0.1, 0.15) is 5.75 Å². The summed E-state index contributed by atoms with van der Waals surface area (Å²) in [6.45, 7) is 9.27. The second-order valence-electron chi connectivity index (χ2n) is 4.89. The zero-order valence-corrected chi connectivity index (χ0v) is 13.7. The number of nitrogens with one attached hydrogen (secondary N) is 1. The van der Waals surface area contributed by atoms with Gasteiger partial charge in [-0.05, 0) is 44.9 Å². The van der Waals surface area contributed by atoms with Crippen molar-refractivity contribution in [3.63, 3.8) is 0 Å². The molecule has 1 N–H and O–H groups in total. The van der Waals surface area contributed by atoms with Crippen LogP contribution in [0.5, 0.6) is 5.75 Å². The molecule has 0 heterocycles. The van der Waals surface area contributed by atoms with Gasteiger partial charge in [0.05, 0.1) is 7.11 Å². The second-order valence-corrected chi connectivity index (χ2v) is 5.80. The predicted molar refractivity (Wildman–Crippen MR) is 85.8 cm³/mol. The molecule has 0 saturated heterocycles. The van der Waals surface area contributed by atoms with E-state index in [2.05, 4.69) is 53.8 Å². The molecule has 1 unspecified atom stereocenters. The highest BCUT2D eigenvalue weighted by Crippen LogP contribution is 2.31. The highest BCUT2D eigenvalue weighted by Gasteiger charge is 2.15. The summed E-state index contributed by atoms with van der Waals surface area (Å²) in [6.07, 6.45) is 3.20. The Bertz CT molecular complexity index is 417. The first-order chi connectivity index (χ1) is 9.08. The average Bonchev–Trinajstić information content (AvgIpc) is 2.39. The third-order valence-corrected chi connectivity index (χ3v) is 3.56. The van der Waals surface area contributed by atoms with Crippen molar-refractivity contribution in [1.29, 1.82) is 0 Å². The standard InChI is InChI=1S/C16H24BrNO/c1-5-10-18-15(9-6-12(2)3)14-8-7-13(17)11-16(14)19-4/h7-8,11,15,18H,2,5-6,9-10H2,1,3-4H3. The number of hydrogen-bond acceptors (Lipinski definition) is 2. The van der Waals surface area contributed by atoms with Crippen LogP contribution in [0.25, 0.3) is 0 Å². The molecular weight excluding hydrogens is 302 g/mol. The molecule has 0 bridgehead atoms. The molecule has 1 aromatic rings. The van der Waals surface area contributed by atoms with E-state index < -0.39 is 0 Å². The van der Waals surface area contributed by atoms with Crippen molar-refractivity contribution in [3.8, 4) is 5.75 Å². The average molecular weight is 326 g/mol. The summed E-state index contributed by atoms with van der Waals surface area (Å²) in [5, 5.41) is 3.60. The molecule has 2 nitrogen and oxygen atoms in total. The Balaban J connectivity index is 2.91. The molecule has 106 valence electrons. The van der Waals surface area contributed by atoms with Gasteiger partial charge in [0.2, 0.25) is 0 Å². The van der Waals surface area contributed by atoms with E-state index >= 15 is 0 Å². The van der Waals surface area contributed by atoms with Gasteiger partial charge >= 0.3 is 0 Å². The van der Waals surface area contributed by atoms with Crippen LogP contribution >= 0.6 is 15.9 Å². The van der Waals surface area contributed by atoms with Crippen molar-refractivity contribution < 1.29 is 4.74 Å². The summed E-state index contributed by atoms with van der Waals surface area (Å²) in [6, 6.07) is 6.55. The number of allylic oxidation sites excluding steroid dienone is 1. The quantitative estimate of drug-likeness (QED) is 0.689. The van der Waals surface area contributed by atoms with Gasteiger partial charge < -0.3 is 10.1 Å². The fraction of sp³-hybridized carbons (Fsp3) is 0.500. The van der Waals surface area contributed by atoms with Gasteiger partial charge in [-0.2, -0.15) is 0 Å². The van der Waals surface area contributed by atoms with Crippen LogP contribution in [0, 0.1) is 0 Å². The number of halogens is 1. The highest BCUT2D eigenvalue weighted by atomic mass is 79.9. The summed E-state index contributed by atoms with van der Waals surface area (Å²) >= 11 is 3.49. The molecule has 1 atom stereocenters. The lowest BCUT2D eigenvalue weighted by atomic mass is 9.99. The van der Waals surface area contributed by atoms with E-state index in [1.165, 1.54) is 11.1 Å². The fourth-order valence-electron chi connectivity index (χ4n) is 2.05. The highest BCUT2D eigenvalue weighted by molar-refractivity contribution is 9.10. The van der Waals surface area contributed by atoms with E-state index in [4.69, 9.17) is 4.74 Å². The van der Waals surface area contributed by atoms with Crippen molar-refractivity contribution in [2.75, 3.05) is 13.7 Å². The Labute approximate surface area is 125 Å². The molecule has 3 heteroatoms. The van der Waals surface area contributed by atoms with Crippen molar-refractivity contribution >= 4 is 15.9 Å². The molecule has 0 fully saturated rings. The van der Waals surface area contributed by atoms with Crippen molar-refractivity contribution in [2.45, 2.75) is 39.2 Å². The largest absolute Gasteiger partial charge is 0.496 e. The van der Waals surface area contributed by atoms with Crippen molar-refractivity contribution in [1.82, 2.24) is 5.32 Å². The third-order valence-electron chi connectivity index (χ3n) is 3.07. The molecule has 0 amide bonds. The Morgan fingerprint density at radius 3 is 2.79 bits per heavy atom. The Morgan fingerprint density at radius 1 is 1.47 bits per heavy atom. The molecule has 0 aliphatic rings. The van der Waals surface area contributed by atoms with Gasteiger partial charge in [-0.3, -0.25) is 0 Å². The van der Waals surface area contributed by atoms with Crippen LogP contribution in [0.15, 0.2) is 34.8 Å². The summed E-state index contributed by atoms with van der Waals surface area (Å²) in [5.41, 5.74) is 2.44. The SMILES string of the molecule is C=C(C)CCC(NCCC)c1ccc(Br)cc1OC. The van der Waals surface area contributed by atoms with Gasteiger partial charge in [0.25, 0.3) is 0 Å². The maximum absolute atomic E-state index is 5.50. The van der Waals surface area contributed by atoms with Gasteiger partial charge in [-0.25, -0.2) is 0 Å². The smallest absolute Gasteiger partial charge is 0.124 e. The summed E-state index contributed by atoms with van der Waals surface area (Å²) < 4.78 is 6.55. The zero-order valence-electron chi connectivity index (χ0n) is 12.1. The molecule has 1 aromatic carbocycles. The van der Waals surface area contributed by atoms with Gasteiger partial charge in [-0.1, -0.05) is 34.5 Å². The summed E-state index contributed by atoms with van der Waals surface area (Å²) in [7, 11) is 1.72. The van der Waals surface area contributed by atoms with Crippen LogP contribution in [0.3, 0.4) is 0 Å². The Hall–Kier alpha value is -0.800. The molecule has 0 saturated carbocycles. The van der Waals surface area contributed by atoms with Crippen LogP contribution < -0.4 is 10.1 Å². The summed E-state index contributed by atoms with van der Waals surface area (Å²) in [4.78, 5) is 0. The first-order valence-electron chi connectivity index (χ1n) is 6.79. The van der Waals surface area contributed by atoms with Gasteiger partial charge in [-0.15, -0.1) is 6.58 Å². The molecule has 0 radical (unpaired) electrons. The van der Waals surface area contributed by atoms with Crippen LogP contribution in [-0.2, 0) is 0 Å². The monoisotopic (exact) mass is 325 g/mol. The van der Waals surface area contributed by atoms with E-state index in [1.807, 2.05) is 6.07 Å². The third kappa shape index (κ3) is 5.37. The van der Waals surface area contributed by atoms with Crippen LogP contribution in [0.1, 0.15) is 44.7 Å². The maximum Gasteiger partial charge on any atom is 0.124 e. The van der Waals surface area contributed by atoms with Crippen molar-refractivity contribution in [3.05, 3.63) is 40.4 Å². The lowest BCUT2D eigenvalue weighted by molar-refractivity contribution is 0.394. The molecule has 1 rings (SSSR count). The minimum Gasteiger partial charge on any atom is -0.496 e. The van der Waals surface area contributed by atoms with Crippen LogP contribution in [0.4, 0.5) is 0 Å². The van der Waals surface area contributed by atoms with Gasteiger partial charge in [0, 0.05) is 16.1 Å². The topological polar surface area (TPSA) is 21.3 Å². The number of hydrogen-bond donors (Lipinski definition) is 1. The Kier molecular flexibility index (Phi) is 7.17. The number of rotatable bonds is 8. The maximum atomic E-state index is 5.50. The molecule has 0 aliphatic heterocycles. The van der Waals surface area contributed by atoms with Gasteiger partial charge in [0.15, 0.2) is 0 Å². The van der Waals surface area contributed by atoms with E-state index in [9.17, 15) is 0 Å². The number of benzene rings is 1. The van der Waals surface area contributed by atoms with Crippen LogP contribution in [0.2, 0.25) is 0 Å². The van der Waals surface area contributed by atoms with Crippen LogP contribution in [-0.4, -0.2) is 13.7 Å². The molecule has 0 aliphatic carbocycles. The first-order valence-corrected chi connectivity index (χ1v) is 7.59. The van der Waals surface area contributed by atoms with E-state index in [0.717, 1.165) is 36.0 Å². The summed E-state index contributed by atoms with van der Waals surface area (Å²) in [5.74, 6) is 0.935. The number of ether oxygens (including phenoxy) is 1.